The quantitative estimate of drug-likeness (QED) is 0.546. The van der Waals surface area contributed by atoms with Crippen molar-refractivity contribution in [1.29, 1.82) is 0 Å². The van der Waals surface area contributed by atoms with Gasteiger partial charge in [0.2, 0.25) is 5.54 Å². The lowest BCUT2D eigenvalue weighted by Gasteiger charge is -2.41. The summed E-state index contributed by atoms with van der Waals surface area (Å²) in [6.45, 7) is 1.20. The number of ether oxygens (including phenoxy) is 1. The van der Waals surface area contributed by atoms with E-state index in [1.54, 1.807) is 0 Å². The van der Waals surface area contributed by atoms with Crippen molar-refractivity contribution in [3.8, 4) is 0 Å². The highest BCUT2D eigenvalue weighted by Gasteiger charge is 2.72. The number of morpholine rings is 1. The summed E-state index contributed by atoms with van der Waals surface area (Å²) in [6.07, 6.45) is -12.7. The van der Waals surface area contributed by atoms with Gasteiger partial charge in [-0.15, -0.1) is 0 Å². The third-order valence-corrected chi connectivity index (χ3v) is 4.56. The monoisotopic (exact) mass is 438 g/mol. The van der Waals surface area contributed by atoms with Crippen molar-refractivity contribution in [2.75, 3.05) is 26.3 Å². The van der Waals surface area contributed by atoms with E-state index in [4.69, 9.17) is 4.74 Å². The van der Waals surface area contributed by atoms with E-state index in [0.29, 0.717) is 0 Å². The van der Waals surface area contributed by atoms with Gasteiger partial charge in [-0.2, -0.15) is 26.3 Å². The Morgan fingerprint density at radius 2 is 1.57 bits per heavy atom. The maximum atomic E-state index is 13.9. The van der Waals surface area contributed by atoms with E-state index in [1.165, 1.54) is 28.4 Å². The zero-order valence-electron chi connectivity index (χ0n) is 15.9. The molecule has 0 radical (unpaired) electrons. The maximum Gasteiger partial charge on any atom is 0.420 e. The fourth-order valence-corrected chi connectivity index (χ4v) is 3.01. The third-order valence-electron chi connectivity index (χ3n) is 4.56. The van der Waals surface area contributed by atoms with Crippen LogP contribution in [0.3, 0.4) is 0 Å². The molecule has 0 spiro atoms. The molecule has 1 saturated heterocycles. The molecule has 1 amide bonds. The molecular weight excluding hydrogens is 418 g/mol. The van der Waals surface area contributed by atoms with Gasteiger partial charge in [-0.1, -0.05) is 18.2 Å². The number of amides is 1. The molecule has 1 heterocycles. The summed E-state index contributed by atoms with van der Waals surface area (Å²) < 4.78 is 88.6. The van der Waals surface area contributed by atoms with Crippen LogP contribution in [0, 0.1) is 0 Å². The van der Waals surface area contributed by atoms with Crippen LogP contribution < -0.4 is 5.32 Å². The summed E-state index contributed by atoms with van der Waals surface area (Å²) in [5, 5.41) is 1.17. The molecular formula is C19H20F6N2O3. The van der Waals surface area contributed by atoms with Crippen LogP contribution in [0.1, 0.15) is 23.7 Å². The van der Waals surface area contributed by atoms with Crippen LogP contribution in [-0.2, 0) is 9.53 Å². The van der Waals surface area contributed by atoms with E-state index in [9.17, 15) is 35.9 Å². The van der Waals surface area contributed by atoms with Crippen LogP contribution in [-0.4, -0.2) is 60.8 Å². The Morgan fingerprint density at radius 3 is 2.03 bits per heavy atom. The summed E-state index contributed by atoms with van der Waals surface area (Å²) in [7, 11) is 0. The molecule has 11 heteroatoms. The second kappa shape index (κ2) is 9.07. The number of carbonyl (C=O) groups is 2. The van der Waals surface area contributed by atoms with Gasteiger partial charge < -0.3 is 15.0 Å². The minimum absolute atomic E-state index is 0.0114. The first-order chi connectivity index (χ1) is 13.9. The van der Waals surface area contributed by atoms with E-state index < -0.39 is 41.7 Å². The van der Waals surface area contributed by atoms with Crippen molar-refractivity contribution in [2.24, 2.45) is 0 Å². The number of carbonyl (C=O) groups excluding carboxylic acids is 2. The Bertz CT molecular complexity index is 770. The van der Waals surface area contributed by atoms with Crippen molar-refractivity contribution in [3.63, 3.8) is 0 Å². The number of halogens is 6. The number of alkyl halides is 6. The highest BCUT2D eigenvalue weighted by atomic mass is 19.4. The first-order valence-corrected chi connectivity index (χ1v) is 8.92. The number of nitrogens with one attached hydrogen (secondary N) is 1. The molecule has 0 aromatic heterocycles. The average molecular weight is 438 g/mol. The topological polar surface area (TPSA) is 58.6 Å². The van der Waals surface area contributed by atoms with Crippen LogP contribution in [0.25, 0.3) is 0 Å². The first kappa shape index (κ1) is 23.7. The highest BCUT2D eigenvalue weighted by Crippen LogP contribution is 2.47. The Balaban J connectivity index is 2.53. The van der Waals surface area contributed by atoms with Gasteiger partial charge >= 0.3 is 12.4 Å². The average Bonchev–Trinajstić information content (AvgIpc) is 2.66. The largest absolute Gasteiger partial charge is 0.420 e. The summed E-state index contributed by atoms with van der Waals surface area (Å²) in [6, 6.07) is 6.28. The molecule has 30 heavy (non-hydrogen) atoms. The minimum atomic E-state index is -5.89. The van der Waals surface area contributed by atoms with Gasteiger partial charge in [-0.05, 0) is 19.1 Å². The van der Waals surface area contributed by atoms with Gasteiger partial charge in [0.25, 0.3) is 5.91 Å². The number of allylic oxidation sites excluding steroid dienone is 1. The Labute approximate surface area is 168 Å². The van der Waals surface area contributed by atoms with E-state index in [2.05, 4.69) is 0 Å². The van der Waals surface area contributed by atoms with Gasteiger partial charge in [0.15, 0.2) is 5.78 Å². The van der Waals surface area contributed by atoms with Crippen LogP contribution >= 0.6 is 0 Å². The second-order valence-corrected chi connectivity index (χ2v) is 6.74. The van der Waals surface area contributed by atoms with Crippen LogP contribution in [0.5, 0.6) is 0 Å². The summed E-state index contributed by atoms with van der Waals surface area (Å²) >= 11 is 0. The van der Waals surface area contributed by atoms with E-state index in [0.717, 1.165) is 25.1 Å². The van der Waals surface area contributed by atoms with Crippen LogP contribution in [0.2, 0.25) is 0 Å². The molecule has 0 aliphatic carbocycles. The predicted octanol–water partition coefficient (Wildman–Crippen LogP) is 3.48. The number of rotatable bonds is 6. The molecule has 5 nitrogen and oxygen atoms in total. The SMILES string of the molecule is CC(=O)C=C(CC(NC(=O)c1ccccc1)(C(F)(F)F)C(F)(F)F)N1CCOCC1. The van der Waals surface area contributed by atoms with Gasteiger partial charge in [0.05, 0.1) is 13.2 Å². The van der Waals surface area contributed by atoms with Crippen molar-refractivity contribution >= 4 is 11.7 Å². The van der Waals surface area contributed by atoms with E-state index in [-0.39, 0.29) is 31.9 Å². The summed E-state index contributed by atoms with van der Waals surface area (Å²) in [5.41, 5.74) is -5.43. The molecule has 1 aliphatic heterocycles. The Morgan fingerprint density at radius 1 is 1.03 bits per heavy atom. The zero-order valence-corrected chi connectivity index (χ0v) is 15.9. The van der Waals surface area contributed by atoms with Gasteiger partial charge in [0, 0.05) is 36.8 Å². The molecule has 1 N–H and O–H groups in total. The van der Waals surface area contributed by atoms with Gasteiger partial charge in [-0.25, -0.2) is 0 Å². The normalized spacial score (nSPS) is 16.4. The fourth-order valence-electron chi connectivity index (χ4n) is 3.01. The minimum Gasteiger partial charge on any atom is -0.378 e. The lowest BCUT2D eigenvalue weighted by Crippen LogP contribution is -2.68. The maximum absolute atomic E-state index is 13.9. The van der Waals surface area contributed by atoms with Crippen molar-refractivity contribution in [2.45, 2.75) is 31.2 Å². The van der Waals surface area contributed by atoms with E-state index >= 15 is 0 Å². The molecule has 1 fully saturated rings. The number of hydrogen-bond acceptors (Lipinski definition) is 4. The molecule has 2 rings (SSSR count). The van der Waals surface area contributed by atoms with Crippen molar-refractivity contribution in [3.05, 3.63) is 47.7 Å². The standard InChI is InChI=1S/C19H20F6N2O3/c1-13(28)11-15(27-7-9-30-10-8-27)12-17(18(20,21)22,19(23,24)25)26-16(29)14-5-3-2-4-6-14/h2-6,11H,7-10,12H2,1H3,(H,26,29). The molecule has 1 aromatic rings. The van der Waals surface area contributed by atoms with Gasteiger partial charge in [-0.3, -0.25) is 9.59 Å². The molecule has 0 atom stereocenters. The molecule has 1 aromatic carbocycles. The van der Waals surface area contributed by atoms with Crippen molar-refractivity contribution < 1.29 is 40.7 Å². The lowest BCUT2D eigenvalue weighted by molar-refractivity contribution is -0.304. The smallest absolute Gasteiger partial charge is 0.378 e. The number of nitrogens with zero attached hydrogens (tertiary/aromatic N) is 1. The highest BCUT2D eigenvalue weighted by molar-refractivity contribution is 5.95. The summed E-state index contributed by atoms with van der Waals surface area (Å²) in [5.74, 6) is -2.25. The number of hydrogen-bond donors (Lipinski definition) is 1. The van der Waals surface area contributed by atoms with Crippen LogP contribution in [0.15, 0.2) is 42.1 Å². The molecule has 0 bridgehead atoms. The Hall–Kier alpha value is -2.56. The Kier molecular flexibility index (Phi) is 7.17. The summed E-state index contributed by atoms with van der Waals surface area (Å²) in [4.78, 5) is 25.1. The third kappa shape index (κ3) is 5.32. The number of ketones is 1. The molecule has 0 saturated carbocycles. The molecule has 166 valence electrons. The molecule has 1 aliphatic rings. The lowest BCUT2D eigenvalue weighted by atomic mass is 9.89. The number of benzene rings is 1. The first-order valence-electron chi connectivity index (χ1n) is 8.92. The van der Waals surface area contributed by atoms with E-state index in [1.807, 2.05) is 0 Å². The van der Waals surface area contributed by atoms with Crippen molar-refractivity contribution in [1.82, 2.24) is 10.2 Å². The predicted molar refractivity (Wildman–Crippen MR) is 94.5 cm³/mol. The van der Waals surface area contributed by atoms with Gasteiger partial charge in [0.1, 0.15) is 0 Å². The second-order valence-electron chi connectivity index (χ2n) is 6.74. The fraction of sp³-hybridized carbons (Fsp3) is 0.474. The molecule has 0 unspecified atom stereocenters. The van der Waals surface area contributed by atoms with Crippen LogP contribution in [0.4, 0.5) is 26.3 Å². The zero-order chi connectivity index (χ0) is 22.6.